The van der Waals surface area contributed by atoms with E-state index in [0.717, 1.165) is 0 Å². The summed E-state index contributed by atoms with van der Waals surface area (Å²) in [5.74, 6) is 0.429. The first-order chi connectivity index (χ1) is 8.60. The van der Waals surface area contributed by atoms with Gasteiger partial charge in [-0.1, -0.05) is 23.2 Å². The second kappa shape index (κ2) is 5.13. The number of nitrogens with two attached hydrogens (primary N) is 1. The molecular weight excluding hydrogens is 271 g/mol. The Kier molecular flexibility index (Phi) is 3.56. The average molecular weight is 279 g/mol. The summed E-state index contributed by atoms with van der Waals surface area (Å²) in [4.78, 5) is 4.05. The summed E-state index contributed by atoms with van der Waals surface area (Å²) in [5.41, 5.74) is 7.15. The van der Waals surface area contributed by atoms with E-state index in [1.165, 1.54) is 12.3 Å². The number of nitrogens with one attached hydrogen (secondary N) is 1. The Morgan fingerprint density at radius 2 is 2.06 bits per heavy atom. The van der Waals surface area contributed by atoms with Gasteiger partial charge in [-0.15, -0.1) is 0 Å². The van der Waals surface area contributed by atoms with E-state index < -0.39 is 0 Å². The standard InChI is InChI=1S/C12H8Cl2N4/c13-8-1-2-9(14)11(4-8)18-12-10(16)3-7(5-15)6-17-12/h1-4,6H,16H2,(H,17,18). The first-order valence-electron chi connectivity index (χ1n) is 4.98. The molecule has 0 saturated carbocycles. The summed E-state index contributed by atoms with van der Waals surface area (Å²) in [6, 6.07) is 8.53. The Morgan fingerprint density at radius 1 is 1.28 bits per heavy atom. The van der Waals surface area contributed by atoms with Crippen molar-refractivity contribution >= 4 is 40.4 Å². The third kappa shape index (κ3) is 2.65. The highest BCUT2D eigenvalue weighted by atomic mass is 35.5. The van der Waals surface area contributed by atoms with Gasteiger partial charge in [0.2, 0.25) is 0 Å². The van der Waals surface area contributed by atoms with Crippen LogP contribution in [-0.4, -0.2) is 4.98 Å². The number of hydrogen-bond donors (Lipinski definition) is 2. The highest BCUT2D eigenvalue weighted by Gasteiger charge is 2.06. The first-order valence-corrected chi connectivity index (χ1v) is 5.73. The zero-order valence-corrected chi connectivity index (χ0v) is 10.6. The second-order valence-electron chi connectivity index (χ2n) is 3.52. The number of nitriles is 1. The fraction of sp³-hybridized carbons (Fsp3) is 0. The number of halogens is 2. The minimum absolute atomic E-state index is 0.366. The Morgan fingerprint density at radius 3 is 2.72 bits per heavy atom. The third-order valence-electron chi connectivity index (χ3n) is 2.23. The van der Waals surface area contributed by atoms with Gasteiger partial charge in [0.1, 0.15) is 6.07 Å². The van der Waals surface area contributed by atoms with Crippen molar-refractivity contribution in [3.8, 4) is 6.07 Å². The van der Waals surface area contributed by atoms with Gasteiger partial charge in [-0.3, -0.25) is 0 Å². The van der Waals surface area contributed by atoms with Crippen LogP contribution in [0.2, 0.25) is 10.0 Å². The summed E-state index contributed by atoms with van der Waals surface area (Å²) < 4.78 is 0. The maximum absolute atomic E-state index is 8.72. The molecule has 0 aliphatic carbocycles. The first kappa shape index (κ1) is 12.5. The van der Waals surface area contributed by atoms with Gasteiger partial charge in [-0.25, -0.2) is 4.98 Å². The Hall–Kier alpha value is -1.96. The number of nitrogen functional groups attached to an aromatic ring is 1. The van der Waals surface area contributed by atoms with E-state index in [0.29, 0.717) is 32.8 Å². The molecule has 6 heteroatoms. The van der Waals surface area contributed by atoms with Crippen LogP contribution in [0.5, 0.6) is 0 Å². The highest BCUT2D eigenvalue weighted by Crippen LogP contribution is 2.29. The van der Waals surface area contributed by atoms with E-state index in [2.05, 4.69) is 10.3 Å². The smallest absolute Gasteiger partial charge is 0.153 e. The molecule has 0 saturated heterocycles. The van der Waals surface area contributed by atoms with Crippen LogP contribution >= 0.6 is 23.2 Å². The van der Waals surface area contributed by atoms with Gasteiger partial charge in [0.05, 0.1) is 22.0 Å². The van der Waals surface area contributed by atoms with Gasteiger partial charge in [0.25, 0.3) is 0 Å². The molecule has 0 amide bonds. The van der Waals surface area contributed by atoms with Crippen LogP contribution in [0.4, 0.5) is 17.2 Å². The lowest BCUT2D eigenvalue weighted by atomic mass is 10.2. The lowest BCUT2D eigenvalue weighted by molar-refractivity contribution is 1.29. The van der Waals surface area contributed by atoms with Crippen molar-refractivity contribution in [2.45, 2.75) is 0 Å². The molecule has 90 valence electrons. The van der Waals surface area contributed by atoms with Gasteiger partial charge < -0.3 is 11.1 Å². The van der Waals surface area contributed by atoms with Crippen molar-refractivity contribution in [3.05, 3.63) is 46.1 Å². The van der Waals surface area contributed by atoms with E-state index in [1.807, 2.05) is 6.07 Å². The number of nitrogens with zero attached hydrogens (tertiary/aromatic N) is 2. The molecule has 0 unspecified atom stereocenters. The van der Waals surface area contributed by atoms with Gasteiger partial charge in [0.15, 0.2) is 5.82 Å². The molecule has 0 spiro atoms. The van der Waals surface area contributed by atoms with Crippen LogP contribution in [-0.2, 0) is 0 Å². The summed E-state index contributed by atoms with van der Waals surface area (Å²) >= 11 is 11.9. The fourth-order valence-electron chi connectivity index (χ4n) is 1.37. The Bertz CT molecular complexity index is 634. The van der Waals surface area contributed by atoms with Crippen LogP contribution < -0.4 is 11.1 Å². The number of aromatic nitrogens is 1. The summed E-state index contributed by atoms with van der Waals surface area (Å²) in [6.07, 6.45) is 1.43. The number of rotatable bonds is 2. The molecule has 2 aromatic rings. The normalized spacial score (nSPS) is 9.83. The third-order valence-corrected chi connectivity index (χ3v) is 2.79. The Labute approximate surface area is 114 Å². The molecule has 0 aliphatic rings. The molecule has 0 fully saturated rings. The van der Waals surface area contributed by atoms with Crippen LogP contribution in [0.15, 0.2) is 30.5 Å². The summed E-state index contributed by atoms with van der Waals surface area (Å²) in [5, 5.41) is 12.7. The SMILES string of the molecule is N#Cc1cnc(Nc2cc(Cl)ccc2Cl)c(N)c1. The zero-order chi connectivity index (χ0) is 13.1. The molecule has 2 rings (SSSR count). The van der Waals surface area contributed by atoms with Gasteiger partial charge in [-0.2, -0.15) is 5.26 Å². The van der Waals surface area contributed by atoms with Crippen LogP contribution in [0, 0.1) is 11.3 Å². The molecule has 1 aromatic heterocycles. The fourth-order valence-corrected chi connectivity index (χ4v) is 1.71. The lowest BCUT2D eigenvalue weighted by Crippen LogP contribution is -2.00. The molecule has 1 heterocycles. The van der Waals surface area contributed by atoms with Crippen molar-refractivity contribution in [2.24, 2.45) is 0 Å². The van der Waals surface area contributed by atoms with E-state index in [9.17, 15) is 0 Å². The monoisotopic (exact) mass is 278 g/mol. The summed E-state index contributed by atoms with van der Waals surface area (Å²) in [6.45, 7) is 0. The number of pyridine rings is 1. The van der Waals surface area contributed by atoms with Crippen molar-refractivity contribution < 1.29 is 0 Å². The number of hydrogen-bond acceptors (Lipinski definition) is 4. The predicted molar refractivity (Wildman–Crippen MR) is 73.1 cm³/mol. The number of anilines is 3. The predicted octanol–water partition coefficient (Wildman–Crippen LogP) is 3.59. The van der Waals surface area contributed by atoms with E-state index in [-0.39, 0.29) is 0 Å². The lowest BCUT2D eigenvalue weighted by Gasteiger charge is -2.10. The molecule has 0 aliphatic heterocycles. The van der Waals surface area contributed by atoms with Gasteiger partial charge in [-0.05, 0) is 24.3 Å². The van der Waals surface area contributed by atoms with Crippen LogP contribution in [0.3, 0.4) is 0 Å². The molecule has 4 nitrogen and oxygen atoms in total. The van der Waals surface area contributed by atoms with E-state index in [1.54, 1.807) is 18.2 Å². The highest BCUT2D eigenvalue weighted by molar-refractivity contribution is 6.35. The average Bonchev–Trinajstić information content (AvgIpc) is 2.36. The molecule has 0 radical (unpaired) electrons. The molecule has 0 atom stereocenters. The minimum Gasteiger partial charge on any atom is -0.396 e. The molecule has 3 N–H and O–H groups in total. The quantitative estimate of drug-likeness (QED) is 0.880. The van der Waals surface area contributed by atoms with Gasteiger partial charge in [0, 0.05) is 11.2 Å². The molecule has 1 aromatic carbocycles. The van der Waals surface area contributed by atoms with Crippen molar-refractivity contribution in [3.63, 3.8) is 0 Å². The van der Waals surface area contributed by atoms with E-state index >= 15 is 0 Å². The van der Waals surface area contributed by atoms with E-state index in [4.69, 9.17) is 34.2 Å². The molecule has 18 heavy (non-hydrogen) atoms. The minimum atomic E-state index is 0.366. The maximum atomic E-state index is 8.72. The molecular formula is C12H8Cl2N4. The largest absolute Gasteiger partial charge is 0.396 e. The zero-order valence-electron chi connectivity index (χ0n) is 9.11. The molecule has 0 bridgehead atoms. The number of benzene rings is 1. The van der Waals surface area contributed by atoms with Crippen molar-refractivity contribution in [1.82, 2.24) is 4.98 Å². The van der Waals surface area contributed by atoms with Gasteiger partial charge >= 0.3 is 0 Å². The maximum Gasteiger partial charge on any atom is 0.153 e. The van der Waals surface area contributed by atoms with Crippen LogP contribution in [0.1, 0.15) is 5.56 Å². The Balaban J connectivity index is 2.34. The topological polar surface area (TPSA) is 74.7 Å². The second-order valence-corrected chi connectivity index (χ2v) is 4.37. The van der Waals surface area contributed by atoms with Crippen molar-refractivity contribution in [1.29, 1.82) is 5.26 Å². The van der Waals surface area contributed by atoms with Crippen LogP contribution in [0.25, 0.3) is 0 Å². The van der Waals surface area contributed by atoms with Crippen molar-refractivity contribution in [2.75, 3.05) is 11.1 Å². The summed E-state index contributed by atoms with van der Waals surface area (Å²) in [7, 11) is 0.